The third-order valence-electron chi connectivity index (χ3n) is 6.32. The van der Waals surface area contributed by atoms with Crippen LogP contribution in [0.5, 0.6) is 0 Å². The van der Waals surface area contributed by atoms with Crippen molar-refractivity contribution in [3.8, 4) is 0 Å². The molecule has 1 saturated heterocycles. The molecule has 1 heterocycles. The zero-order valence-corrected chi connectivity index (χ0v) is 27.6. The molecular weight excluding hydrogens is 623 g/mol. The van der Waals surface area contributed by atoms with E-state index in [9.17, 15) is 14.4 Å². The van der Waals surface area contributed by atoms with E-state index < -0.39 is 33.8 Å². The molecule has 42 heavy (non-hydrogen) atoms. The second-order valence-electron chi connectivity index (χ2n) is 12.0. The van der Waals surface area contributed by atoms with Crippen LogP contribution in [0, 0.1) is 0 Å². The number of likely N-dealkylation sites (tertiary alicyclic amines) is 1. The molecule has 230 valence electrons. The van der Waals surface area contributed by atoms with Crippen LogP contribution in [0.3, 0.4) is 0 Å². The SMILES string of the molecule is CC(C)(C)OC(=O)N1C[C@H](N(OCc2ccccc2)C(=O)OC(Cl)(Cl)Cl)CC[C@H]1C(=O)Sc1ccc(C(C)(C)C)cc1. The lowest BCUT2D eigenvalue weighted by Gasteiger charge is -2.42. The molecule has 0 aliphatic carbocycles. The molecule has 12 heteroatoms. The summed E-state index contributed by atoms with van der Waals surface area (Å²) < 4.78 is 8.27. The Morgan fingerprint density at radius 1 is 0.905 bits per heavy atom. The van der Waals surface area contributed by atoms with E-state index in [4.69, 9.17) is 49.1 Å². The van der Waals surface area contributed by atoms with E-state index in [2.05, 4.69) is 20.8 Å². The fourth-order valence-corrected chi connectivity index (χ4v) is 5.37. The summed E-state index contributed by atoms with van der Waals surface area (Å²) in [5.41, 5.74) is 1.09. The highest BCUT2D eigenvalue weighted by Crippen LogP contribution is 2.33. The average molecular weight is 660 g/mol. The molecule has 2 amide bonds. The van der Waals surface area contributed by atoms with Gasteiger partial charge in [0.25, 0.3) is 0 Å². The van der Waals surface area contributed by atoms with E-state index >= 15 is 0 Å². The van der Waals surface area contributed by atoms with Gasteiger partial charge in [-0.15, -0.1) is 0 Å². The first kappa shape index (κ1) is 34.3. The van der Waals surface area contributed by atoms with Crippen LogP contribution >= 0.6 is 46.6 Å². The number of alkyl halides is 3. The van der Waals surface area contributed by atoms with Crippen LogP contribution in [-0.4, -0.2) is 55.5 Å². The van der Waals surface area contributed by atoms with Crippen LogP contribution in [0.25, 0.3) is 0 Å². The number of ether oxygens (including phenoxy) is 2. The van der Waals surface area contributed by atoms with Gasteiger partial charge in [-0.1, -0.05) is 63.2 Å². The first-order valence-electron chi connectivity index (χ1n) is 13.5. The zero-order chi connectivity index (χ0) is 31.3. The maximum Gasteiger partial charge on any atom is 0.437 e. The summed E-state index contributed by atoms with van der Waals surface area (Å²) in [6.07, 6.45) is -1.18. The van der Waals surface area contributed by atoms with Crippen LogP contribution in [0.15, 0.2) is 59.5 Å². The number of piperidine rings is 1. The third-order valence-corrected chi connectivity index (χ3v) is 7.54. The Morgan fingerprint density at radius 3 is 2.07 bits per heavy atom. The predicted molar refractivity (Wildman–Crippen MR) is 166 cm³/mol. The lowest BCUT2D eigenvalue weighted by molar-refractivity contribution is -0.182. The molecule has 0 radical (unpaired) electrons. The van der Waals surface area contributed by atoms with Gasteiger partial charge in [-0.05, 0) is 109 Å². The number of amides is 2. The summed E-state index contributed by atoms with van der Waals surface area (Å²) in [5, 5.41) is 0.745. The fraction of sp³-hybridized carbons (Fsp3) is 0.500. The predicted octanol–water partition coefficient (Wildman–Crippen LogP) is 8.27. The molecule has 2 aromatic rings. The summed E-state index contributed by atoms with van der Waals surface area (Å²) >= 11 is 18.3. The van der Waals surface area contributed by atoms with Crippen LogP contribution < -0.4 is 0 Å². The van der Waals surface area contributed by atoms with Gasteiger partial charge >= 0.3 is 16.2 Å². The summed E-state index contributed by atoms with van der Waals surface area (Å²) in [4.78, 5) is 48.0. The molecule has 0 N–H and O–H groups in total. The van der Waals surface area contributed by atoms with Gasteiger partial charge < -0.3 is 9.47 Å². The van der Waals surface area contributed by atoms with Crippen molar-refractivity contribution in [2.75, 3.05) is 6.54 Å². The van der Waals surface area contributed by atoms with E-state index in [0.717, 1.165) is 32.8 Å². The number of nitrogens with zero attached hydrogens (tertiary/aromatic N) is 2. The molecule has 1 fully saturated rings. The van der Waals surface area contributed by atoms with Crippen molar-refractivity contribution >= 4 is 63.9 Å². The highest BCUT2D eigenvalue weighted by molar-refractivity contribution is 8.13. The minimum atomic E-state index is -2.33. The van der Waals surface area contributed by atoms with Gasteiger partial charge in [0, 0.05) is 11.4 Å². The molecule has 0 spiro atoms. The van der Waals surface area contributed by atoms with E-state index in [1.54, 1.807) is 20.8 Å². The summed E-state index contributed by atoms with van der Waals surface area (Å²) in [5.74, 6) is 0. The summed E-state index contributed by atoms with van der Waals surface area (Å²) in [6, 6.07) is 15.4. The Balaban J connectivity index is 1.84. The second-order valence-corrected chi connectivity index (χ2v) is 15.2. The van der Waals surface area contributed by atoms with Crippen molar-refractivity contribution < 1.29 is 28.7 Å². The van der Waals surface area contributed by atoms with Crippen LogP contribution in [0.2, 0.25) is 0 Å². The maximum atomic E-state index is 13.6. The quantitative estimate of drug-likeness (QED) is 0.175. The molecule has 1 aliphatic rings. The van der Waals surface area contributed by atoms with Gasteiger partial charge in [0.15, 0.2) is 0 Å². The van der Waals surface area contributed by atoms with Gasteiger partial charge in [-0.25, -0.2) is 9.59 Å². The molecule has 0 unspecified atom stereocenters. The number of thioether (sulfide) groups is 1. The maximum absolute atomic E-state index is 13.6. The molecule has 3 rings (SSSR count). The standard InChI is InChI=1S/C30H37Cl3N2O6S/c1-28(2,3)21-12-15-23(16-13-21)42-25(36)24-17-14-22(18-34(24)26(37)40-29(4,5)6)35(27(38)41-30(31,32)33)39-19-20-10-8-7-9-11-20/h7-13,15-16,22,24H,14,17-19H2,1-6H3/t22-,24+/m1/s1. The molecule has 8 nitrogen and oxygen atoms in total. The number of hydrogen-bond acceptors (Lipinski definition) is 7. The Kier molecular flexibility index (Phi) is 11.5. The minimum Gasteiger partial charge on any atom is -0.444 e. The van der Waals surface area contributed by atoms with Crippen molar-refractivity contribution in [2.24, 2.45) is 0 Å². The zero-order valence-electron chi connectivity index (χ0n) is 24.6. The number of benzene rings is 2. The highest BCUT2D eigenvalue weighted by Gasteiger charge is 2.43. The van der Waals surface area contributed by atoms with Gasteiger partial charge in [-0.2, -0.15) is 5.06 Å². The van der Waals surface area contributed by atoms with E-state index in [1.807, 2.05) is 54.6 Å². The molecule has 0 saturated carbocycles. The molecule has 0 aromatic heterocycles. The third kappa shape index (κ3) is 10.5. The fourth-order valence-electron chi connectivity index (χ4n) is 4.29. The number of hydroxylamine groups is 2. The smallest absolute Gasteiger partial charge is 0.437 e. The van der Waals surface area contributed by atoms with Crippen LogP contribution in [0.1, 0.15) is 65.5 Å². The molecule has 0 bridgehead atoms. The average Bonchev–Trinajstić information content (AvgIpc) is 2.87. The van der Waals surface area contributed by atoms with E-state index in [-0.39, 0.29) is 30.1 Å². The van der Waals surface area contributed by atoms with Crippen molar-refractivity contribution in [3.63, 3.8) is 0 Å². The van der Waals surface area contributed by atoms with Gasteiger partial charge in [0.1, 0.15) is 18.2 Å². The van der Waals surface area contributed by atoms with Crippen LogP contribution in [-0.2, 0) is 31.1 Å². The normalized spacial score (nSPS) is 17.9. The first-order chi connectivity index (χ1) is 19.4. The number of hydrogen-bond donors (Lipinski definition) is 0. The van der Waals surface area contributed by atoms with Crippen molar-refractivity contribution in [1.29, 1.82) is 0 Å². The second kappa shape index (κ2) is 14.1. The number of carbonyl (C=O) groups is 3. The largest absolute Gasteiger partial charge is 0.444 e. The monoisotopic (exact) mass is 658 g/mol. The number of carbonyl (C=O) groups excluding carboxylic acids is 3. The lowest BCUT2D eigenvalue weighted by atomic mass is 9.87. The molecule has 1 aliphatic heterocycles. The number of rotatable bonds is 6. The number of halogens is 3. The molecule has 2 aromatic carbocycles. The highest BCUT2D eigenvalue weighted by atomic mass is 35.6. The van der Waals surface area contributed by atoms with Gasteiger partial charge in [0.05, 0.1) is 6.04 Å². The Bertz CT molecular complexity index is 1230. The summed E-state index contributed by atoms with van der Waals surface area (Å²) in [7, 11) is 0. The first-order valence-corrected chi connectivity index (χ1v) is 15.5. The van der Waals surface area contributed by atoms with Crippen LogP contribution in [0.4, 0.5) is 9.59 Å². The topological polar surface area (TPSA) is 85.4 Å². The van der Waals surface area contributed by atoms with Gasteiger partial charge in [0.2, 0.25) is 5.12 Å². The Labute approximate surface area is 266 Å². The summed E-state index contributed by atoms with van der Waals surface area (Å²) in [6.45, 7) is 11.5. The van der Waals surface area contributed by atoms with Crippen molar-refractivity contribution in [2.45, 2.75) is 93.0 Å². The lowest BCUT2D eigenvalue weighted by Crippen LogP contribution is -2.57. The van der Waals surface area contributed by atoms with Gasteiger partial charge in [-0.3, -0.25) is 14.5 Å². The molecule has 2 atom stereocenters. The minimum absolute atomic E-state index is 0.0154. The molecular formula is C30H37Cl3N2O6S. The van der Waals surface area contributed by atoms with E-state index in [0.29, 0.717) is 6.42 Å². The van der Waals surface area contributed by atoms with Crippen molar-refractivity contribution in [1.82, 2.24) is 9.96 Å². The van der Waals surface area contributed by atoms with E-state index in [1.165, 1.54) is 4.90 Å². The Morgan fingerprint density at radius 2 is 1.52 bits per heavy atom. The van der Waals surface area contributed by atoms with Crippen molar-refractivity contribution in [3.05, 3.63) is 65.7 Å². The Hall–Kier alpha value is -2.17.